The molecular formula is C16H19ClN2. The fraction of sp³-hybridized carbons (Fsp3) is 0.312. The third kappa shape index (κ3) is 4.34. The van der Waals surface area contributed by atoms with Gasteiger partial charge in [-0.15, -0.1) is 0 Å². The average molecular weight is 275 g/mol. The van der Waals surface area contributed by atoms with Crippen molar-refractivity contribution in [3.05, 3.63) is 64.4 Å². The van der Waals surface area contributed by atoms with Gasteiger partial charge < -0.3 is 5.32 Å². The van der Waals surface area contributed by atoms with Crippen LogP contribution in [0.25, 0.3) is 0 Å². The highest BCUT2D eigenvalue weighted by Gasteiger charge is 2.06. The smallest absolute Gasteiger partial charge is 0.0438 e. The van der Waals surface area contributed by atoms with Crippen LogP contribution >= 0.6 is 11.6 Å². The monoisotopic (exact) mass is 274 g/mol. The molecule has 1 N–H and O–H groups in total. The Morgan fingerprint density at radius 2 is 2.00 bits per heavy atom. The van der Waals surface area contributed by atoms with Crippen LogP contribution in [-0.4, -0.2) is 11.0 Å². The molecule has 0 radical (unpaired) electrons. The number of aromatic nitrogens is 1. The van der Waals surface area contributed by atoms with Gasteiger partial charge in [0.05, 0.1) is 0 Å². The van der Waals surface area contributed by atoms with Gasteiger partial charge in [-0.25, -0.2) is 0 Å². The molecule has 0 aliphatic heterocycles. The summed E-state index contributed by atoms with van der Waals surface area (Å²) in [6, 6.07) is 12.5. The second kappa shape index (κ2) is 6.69. The summed E-state index contributed by atoms with van der Waals surface area (Å²) in [5.41, 5.74) is 3.44. The topological polar surface area (TPSA) is 24.9 Å². The summed E-state index contributed by atoms with van der Waals surface area (Å²) in [5.74, 6) is 0. The SMILES string of the molecule is Cc1ccc(CNC(C)Cc2ccccc2Cl)cn1. The van der Waals surface area contributed by atoms with E-state index in [4.69, 9.17) is 11.6 Å². The molecule has 100 valence electrons. The van der Waals surface area contributed by atoms with E-state index in [0.29, 0.717) is 6.04 Å². The zero-order chi connectivity index (χ0) is 13.7. The van der Waals surface area contributed by atoms with Crippen LogP contribution in [-0.2, 0) is 13.0 Å². The molecule has 2 nitrogen and oxygen atoms in total. The largest absolute Gasteiger partial charge is 0.310 e. The first-order chi connectivity index (χ1) is 9.15. The molecule has 1 unspecified atom stereocenters. The number of hydrogen-bond acceptors (Lipinski definition) is 2. The zero-order valence-electron chi connectivity index (χ0n) is 11.4. The van der Waals surface area contributed by atoms with Gasteiger partial charge in [0.15, 0.2) is 0 Å². The Balaban J connectivity index is 1.86. The minimum absolute atomic E-state index is 0.376. The molecule has 19 heavy (non-hydrogen) atoms. The van der Waals surface area contributed by atoms with Crippen molar-refractivity contribution in [1.82, 2.24) is 10.3 Å². The summed E-state index contributed by atoms with van der Waals surface area (Å²) < 4.78 is 0. The maximum absolute atomic E-state index is 6.17. The summed E-state index contributed by atoms with van der Waals surface area (Å²) in [7, 11) is 0. The van der Waals surface area contributed by atoms with E-state index in [2.05, 4.69) is 29.4 Å². The normalized spacial score (nSPS) is 12.4. The van der Waals surface area contributed by atoms with Gasteiger partial charge in [-0.05, 0) is 43.5 Å². The first kappa shape index (κ1) is 14.0. The summed E-state index contributed by atoms with van der Waals surface area (Å²) in [6.07, 6.45) is 2.85. The van der Waals surface area contributed by atoms with Gasteiger partial charge in [0, 0.05) is 29.5 Å². The van der Waals surface area contributed by atoms with Gasteiger partial charge in [-0.2, -0.15) is 0 Å². The molecule has 1 aromatic heterocycles. The summed E-state index contributed by atoms with van der Waals surface area (Å²) in [6.45, 7) is 5.00. The van der Waals surface area contributed by atoms with Crippen molar-refractivity contribution >= 4 is 11.6 Å². The van der Waals surface area contributed by atoms with Crippen LogP contribution in [0.1, 0.15) is 23.7 Å². The molecule has 1 atom stereocenters. The minimum Gasteiger partial charge on any atom is -0.310 e. The lowest BCUT2D eigenvalue weighted by molar-refractivity contribution is 0.545. The highest BCUT2D eigenvalue weighted by molar-refractivity contribution is 6.31. The van der Waals surface area contributed by atoms with Crippen LogP contribution in [0, 0.1) is 6.92 Å². The van der Waals surface area contributed by atoms with E-state index in [1.165, 1.54) is 11.1 Å². The van der Waals surface area contributed by atoms with Gasteiger partial charge in [0.25, 0.3) is 0 Å². The first-order valence-electron chi connectivity index (χ1n) is 6.53. The highest BCUT2D eigenvalue weighted by atomic mass is 35.5. The molecule has 0 bridgehead atoms. The zero-order valence-corrected chi connectivity index (χ0v) is 12.1. The molecule has 1 aromatic carbocycles. The van der Waals surface area contributed by atoms with Crippen LogP contribution in [0.5, 0.6) is 0 Å². The van der Waals surface area contributed by atoms with Crippen LogP contribution in [0.3, 0.4) is 0 Å². The summed E-state index contributed by atoms with van der Waals surface area (Å²) in [5, 5.41) is 4.34. The van der Waals surface area contributed by atoms with Gasteiger partial charge in [0.1, 0.15) is 0 Å². The molecule has 0 saturated carbocycles. The Hall–Kier alpha value is -1.38. The lowest BCUT2D eigenvalue weighted by Gasteiger charge is -2.14. The molecule has 0 spiro atoms. The number of benzene rings is 1. The first-order valence-corrected chi connectivity index (χ1v) is 6.91. The van der Waals surface area contributed by atoms with E-state index in [1.807, 2.05) is 37.4 Å². The second-order valence-electron chi connectivity index (χ2n) is 4.89. The van der Waals surface area contributed by atoms with E-state index in [9.17, 15) is 0 Å². The van der Waals surface area contributed by atoms with Crippen LogP contribution < -0.4 is 5.32 Å². The van der Waals surface area contributed by atoms with E-state index >= 15 is 0 Å². The van der Waals surface area contributed by atoms with Crippen LogP contribution in [0.2, 0.25) is 5.02 Å². The maximum Gasteiger partial charge on any atom is 0.0438 e. The maximum atomic E-state index is 6.17. The van der Waals surface area contributed by atoms with E-state index in [-0.39, 0.29) is 0 Å². The number of nitrogens with one attached hydrogen (secondary N) is 1. The van der Waals surface area contributed by atoms with E-state index in [0.717, 1.165) is 23.7 Å². The molecule has 2 rings (SSSR count). The third-order valence-corrected chi connectivity index (χ3v) is 3.48. The van der Waals surface area contributed by atoms with Crippen molar-refractivity contribution in [3.63, 3.8) is 0 Å². The number of aryl methyl sites for hydroxylation is 1. The minimum atomic E-state index is 0.376. The van der Waals surface area contributed by atoms with Crippen molar-refractivity contribution in [2.24, 2.45) is 0 Å². The summed E-state index contributed by atoms with van der Waals surface area (Å²) in [4.78, 5) is 4.29. The lowest BCUT2D eigenvalue weighted by Crippen LogP contribution is -2.27. The molecule has 2 aromatic rings. The Morgan fingerprint density at radius 3 is 2.68 bits per heavy atom. The number of halogens is 1. The Kier molecular flexibility index (Phi) is 4.94. The van der Waals surface area contributed by atoms with Gasteiger partial charge in [-0.3, -0.25) is 4.98 Å². The molecule has 0 saturated heterocycles. The fourth-order valence-electron chi connectivity index (χ4n) is 1.96. The lowest BCUT2D eigenvalue weighted by atomic mass is 10.1. The third-order valence-electron chi connectivity index (χ3n) is 3.11. The average Bonchev–Trinajstić information content (AvgIpc) is 2.41. The van der Waals surface area contributed by atoms with Crippen LogP contribution in [0.15, 0.2) is 42.6 Å². The van der Waals surface area contributed by atoms with Crippen molar-refractivity contribution < 1.29 is 0 Å². The second-order valence-corrected chi connectivity index (χ2v) is 5.29. The molecule has 0 aliphatic rings. The molecular weight excluding hydrogens is 256 g/mol. The number of pyridine rings is 1. The molecule has 1 heterocycles. The predicted octanol–water partition coefficient (Wildman–Crippen LogP) is 3.76. The van der Waals surface area contributed by atoms with Gasteiger partial charge in [-0.1, -0.05) is 35.9 Å². The number of nitrogens with zero attached hydrogens (tertiary/aromatic N) is 1. The molecule has 3 heteroatoms. The molecule has 0 fully saturated rings. The predicted molar refractivity (Wildman–Crippen MR) is 80.4 cm³/mol. The van der Waals surface area contributed by atoms with Crippen molar-refractivity contribution in [1.29, 1.82) is 0 Å². The fourth-order valence-corrected chi connectivity index (χ4v) is 2.17. The number of rotatable bonds is 5. The standard InChI is InChI=1S/C16H19ClN2/c1-12-7-8-14(10-18-12)11-19-13(2)9-15-5-3-4-6-16(15)17/h3-8,10,13,19H,9,11H2,1-2H3. The van der Waals surface area contributed by atoms with Gasteiger partial charge in [0.2, 0.25) is 0 Å². The molecule has 0 aliphatic carbocycles. The molecule has 0 amide bonds. The summed E-state index contributed by atoms with van der Waals surface area (Å²) >= 11 is 6.17. The van der Waals surface area contributed by atoms with Gasteiger partial charge >= 0.3 is 0 Å². The van der Waals surface area contributed by atoms with Crippen molar-refractivity contribution in [3.8, 4) is 0 Å². The highest BCUT2D eigenvalue weighted by Crippen LogP contribution is 2.16. The van der Waals surface area contributed by atoms with E-state index in [1.54, 1.807) is 0 Å². The quantitative estimate of drug-likeness (QED) is 0.898. The Labute approximate surface area is 119 Å². The Morgan fingerprint density at radius 1 is 1.21 bits per heavy atom. The number of hydrogen-bond donors (Lipinski definition) is 1. The Bertz CT molecular complexity index is 523. The van der Waals surface area contributed by atoms with Crippen LogP contribution in [0.4, 0.5) is 0 Å². The van der Waals surface area contributed by atoms with Crippen molar-refractivity contribution in [2.75, 3.05) is 0 Å². The van der Waals surface area contributed by atoms with Crippen molar-refractivity contribution in [2.45, 2.75) is 32.9 Å². The van der Waals surface area contributed by atoms with E-state index < -0.39 is 0 Å².